The monoisotopic (exact) mass is 598 g/mol. The van der Waals surface area contributed by atoms with E-state index in [9.17, 15) is 4.79 Å². The fraction of sp³-hybridized carbons (Fsp3) is 0.774. The summed E-state index contributed by atoms with van der Waals surface area (Å²) in [6.45, 7) is 41.9. The Labute approximate surface area is 245 Å². The fourth-order valence-corrected chi connectivity index (χ4v) is 5.95. The number of ether oxygens (including phenoxy) is 1. The van der Waals surface area contributed by atoms with Gasteiger partial charge in [-0.2, -0.15) is 0 Å². The first kappa shape index (κ1) is 38.2. The summed E-state index contributed by atoms with van der Waals surface area (Å²) in [6, 6.07) is 0. The van der Waals surface area contributed by atoms with Crippen LogP contribution < -0.4 is 0 Å². The van der Waals surface area contributed by atoms with Crippen molar-refractivity contribution in [2.75, 3.05) is 13.2 Å². The summed E-state index contributed by atoms with van der Waals surface area (Å²) in [5.41, 5.74) is 0.821. The molecule has 0 aliphatic rings. The molecule has 0 aromatic rings. The van der Waals surface area contributed by atoms with Gasteiger partial charge in [-0.1, -0.05) is 93.2 Å². The van der Waals surface area contributed by atoms with Gasteiger partial charge in [0.1, 0.15) is 6.10 Å². The zero-order valence-electron chi connectivity index (χ0n) is 28.2. The summed E-state index contributed by atoms with van der Waals surface area (Å²) in [5.74, 6) is -0.272. The Morgan fingerprint density at radius 2 is 1.08 bits per heavy atom. The second-order valence-electron chi connectivity index (χ2n) is 15.3. The SMILES string of the molecule is C=CC(=C)CCC(=O)O[C@@H](C=C[C@@H](CO[Si](C)(C)C(C)(C)C)O[Si](C)(C)C(C)(C)C)CO[Si](C)(C)C(C)(C)C. The molecule has 0 saturated carbocycles. The van der Waals surface area contributed by atoms with Gasteiger partial charge in [-0.05, 0) is 66.9 Å². The van der Waals surface area contributed by atoms with E-state index in [1.54, 1.807) is 6.08 Å². The zero-order valence-corrected chi connectivity index (χ0v) is 31.2. The minimum absolute atomic E-state index is 0.0535. The predicted octanol–water partition coefficient (Wildman–Crippen LogP) is 9.41. The molecule has 0 bridgehead atoms. The lowest BCUT2D eigenvalue weighted by Gasteiger charge is -2.41. The van der Waals surface area contributed by atoms with Crippen LogP contribution >= 0.6 is 0 Å². The minimum Gasteiger partial charge on any atom is -0.456 e. The van der Waals surface area contributed by atoms with E-state index in [1.165, 1.54) is 0 Å². The van der Waals surface area contributed by atoms with Crippen LogP contribution in [0.4, 0.5) is 0 Å². The first-order valence-electron chi connectivity index (χ1n) is 14.4. The molecule has 0 heterocycles. The Bertz CT molecular complexity index is 840. The summed E-state index contributed by atoms with van der Waals surface area (Å²) in [7, 11) is -6.10. The molecule has 8 heteroatoms. The highest BCUT2D eigenvalue weighted by molar-refractivity contribution is 6.75. The molecule has 0 unspecified atom stereocenters. The third-order valence-corrected chi connectivity index (χ3v) is 22.3. The smallest absolute Gasteiger partial charge is 0.306 e. The van der Waals surface area contributed by atoms with Crippen molar-refractivity contribution >= 4 is 30.9 Å². The van der Waals surface area contributed by atoms with Gasteiger partial charge in [0.2, 0.25) is 0 Å². The molecular formula is C31H62O5Si3. The van der Waals surface area contributed by atoms with Crippen LogP contribution in [-0.4, -0.2) is 56.3 Å². The summed E-state index contributed by atoms with van der Waals surface area (Å²) in [5, 5.41) is 0.210. The van der Waals surface area contributed by atoms with Gasteiger partial charge in [0.25, 0.3) is 0 Å². The lowest BCUT2D eigenvalue weighted by Crippen LogP contribution is -2.47. The van der Waals surface area contributed by atoms with E-state index in [0.717, 1.165) is 5.57 Å². The van der Waals surface area contributed by atoms with E-state index in [2.05, 4.69) is 115 Å². The van der Waals surface area contributed by atoms with Gasteiger partial charge >= 0.3 is 5.97 Å². The van der Waals surface area contributed by atoms with Crippen LogP contribution in [-0.2, 0) is 22.8 Å². The van der Waals surface area contributed by atoms with Gasteiger partial charge in [-0.3, -0.25) is 4.79 Å². The molecule has 0 aromatic carbocycles. The maximum atomic E-state index is 12.7. The quantitative estimate of drug-likeness (QED) is 0.0813. The lowest BCUT2D eigenvalue weighted by molar-refractivity contribution is -0.148. The average molecular weight is 599 g/mol. The maximum absolute atomic E-state index is 12.7. The first-order valence-corrected chi connectivity index (χ1v) is 23.1. The van der Waals surface area contributed by atoms with Gasteiger partial charge in [-0.15, -0.1) is 0 Å². The summed E-state index contributed by atoms with van der Waals surface area (Å²) in [4.78, 5) is 12.7. The molecule has 2 atom stereocenters. The number of hydrogen-bond acceptors (Lipinski definition) is 5. The normalized spacial score (nSPS) is 15.8. The molecule has 0 spiro atoms. The third-order valence-electron chi connectivity index (χ3n) is 8.84. The zero-order chi connectivity index (χ0) is 31.1. The van der Waals surface area contributed by atoms with E-state index in [-0.39, 0.29) is 33.6 Å². The fourth-order valence-electron chi connectivity index (χ4n) is 2.67. The summed E-state index contributed by atoms with van der Waals surface area (Å²) >= 11 is 0. The Morgan fingerprint density at radius 1 is 0.692 bits per heavy atom. The van der Waals surface area contributed by atoms with Crippen molar-refractivity contribution in [1.29, 1.82) is 0 Å². The topological polar surface area (TPSA) is 54.0 Å². The van der Waals surface area contributed by atoms with Crippen molar-refractivity contribution in [3.63, 3.8) is 0 Å². The van der Waals surface area contributed by atoms with E-state index >= 15 is 0 Å². The maximum Gasteiger partial charge on any atom is 0.306 e. The van der Waals surface area contributed by atoms with Gasteiger partial charge in [0.05, 0.1) is 19.3 Å². The van der Waals surface area contributed by atoms with Crippen LogP contribution in [0.2, 0.25) is 54.4 Å². The summed E-state index contributed by atoms with van der Waals surface area (Å²) < 4.78 is 25.8. The number of rotatable bonds is 15. The van der Waals surface area contributed by atoms with Gasteiger partial charge in [-0.25, -0.2) is 0 Å². The van der Waals surface area contributed by atoms with Crippen molar-refractivity contribution in [3.05, 3.63) is 37.0 Å². The molecule has 228 valence electrons. The van der Waals surface area contributed by atoms with E-state index in [0.29, 0.717) is 19.6 Å². The molecule has 0 N–H and O–H groups in total. The molecule has 0 aliphatic carbocycles. The standard InChI is InChI=1S/C31H62O5Si3/c1-18-25(2)19-22-28(32)35-26(23-33-37(12,13)29(3,4)5)20-21-27(36-39(16,17)31(9,10)11)24-34-38(14,15)30(6,7)8/h18,20-21,26-27H,1-2,19,22-24H2,3-17H3/t26-,27-/m0/s1. The Kier molecular flexibility index (Phi) is 14.1. The van der Waals surface area contributed by atoms with Crippen molar-refractivity contribution < 1.29 is 22.8 Å². The van der Waals surface area contributed by atoms with Crippen LogP contribution in [0.1, 0.15) is 75.2 Å². The molecule has 0 fully saturated rings. The number of allylic oxidation sites excluding steroid dienone is 2. The largest absolute Gasteiger partial charge is 0.456 e. The number of carbonyl (C=O) groups is 1. The second kappa shape index (κ2) is 14.4. The highest BCUT2D eigenvalue weighted by Gasteiger charge is 2.41. The second-order valence-corrected chi connectivity index (χ2v) is 29.7. The number of hydrogen-bond donors (Lipinski definition) is 0. The molecule has 0 amide bonds. The number of esters is 1. The van der Waals surface area contributed by atoms with Crippen LogP contribution in [0.5, 0.6) is 0 Å². The molecule has 0 radical (unpaired) electrons. The predicted molar refractivity (Wildman–Crippen MR) is 176 cm³/mol. The molecule has 0 saturated heterocycles. The van der Waals surface area contributed by atoms with Crippen LogP contribution in [0.25, 0.3) is 0 Å². The van der Waals surface area contributed by atoms with Crippen LogP contribution in [0, 0.1) is 0 Å². The van der Waals surface area contributed by atoms with Crippen molar-refractivity contribution in [2.24, 2.45) is 0 Å². The Hall–Kier alpha value is -0.779. The van der Waals surface area contributed by atoms with Gasteiger partial charge in [0, 0.05) is 6.42 Å². The lowest BCUT2D eigenvalue weighted by atomic mass is 10.1. The molecular weight excluding hydrogens is 537 g/mol. The van der Waals surface area contributed by atoms with Crippen molar-refractivity contribution in [1.82, 2.24) is 0 Å². The molecule has 0 aromatic heterocycles. The highest BCUT2D eigenvalue weighted by Crippen LogP contribution is 2.39. The average Bonchev–Trinajstić information content (AvgIpc) is 2.74. The molecule has 39 heavy (non-hydrogen) atoms. The van der Waals surface area contributed by atoms with E-state index < -0.39 is 31.1 Å². The van der Waals surface area contributed by atoms with E-state index in [1.807, 2.05) is 12.2 Å². The molecule has 0 rings (SSSR count). The van der Waals surface area contributed by atoms with Crippen molar-refractivity contribution in [2.45, 2.75) is 142 Å². The number of carbonyl (C=O) groups excluding carboxylic acids is 1. The first-order chi connectivity index (χ1) is 17.3. The van der Waals surface area contributed by atoms with Crippen LogP contribution in [0.15, 0.2) is 37.0 Å². The van der Waals surface area contributed by atoms with Gasteiger partial charge in [0.15, 0.2) is 25.0 Å². The molecule has 5 nitrogen and oxygen atoms in total. The summed E-state index contributed by atoms with van der Waals surface area (Å²) in [6.07, 6.45) is 5.68. The molecule has 0 aliphatic heterocycles. The van der Waals surface area contributed by atoms with Crippen LogP contribution in [0.3, 0.4) is 0 Å². The van der Waals surface area contributed by atoms with Gasteiger partial charge < -0.3 is 18.0 Å². The highest BCUT2D eigenvalue weighted by atomic mass is 28.4. The minimum atomic E-state index is -2.08. The Morgan fingerprint density at radius 3 is 1.46 bits per heavy atom. The van der Waals surface area contributed by atoms with Crippen molar-refractivity contribution in [3.8, 4) is 0 Å². The van der Waals surface area contributed by atoms with E-state index in [4.69, 9.17) is 18.0 Å². The Balaban J connectivity index is 6.06. The third kappa shape index (κ3) is 13.2.